The number of fused-ring (bicyclic) bond motifs is 4. The van der Waals surface area contributed by atoms with Crippen molar-refractivity contribution in [3.63, 3.8) is 0 Å². The largest absolute Gasteiger partial charge is 0.507 e. The first-order chi connectivity index (χ1) is 21.9. The molecule has 4 aliphatic carbocycles. The number of amides is 1. The number of ketones is 4. The van der Waals surface area contributed by atoms with Crippen LogP contribution in [-0.2, 0) is 32.0 Å². The average molecular weight is 623 g/mol. The Kier molecular flexibility index (Phi) is 7.25. The lowest BCUT2D eigenvalue weighted by Crippen LogP contribution is -2.74. The van der Waals surface area contributed by atoms with Gasteiger partial charge in [-0.15, -0.1) is 0 Å². The molecule has 0 bridgehead atoms. The van der Waals surface area contributed by atoms with Crippen LogP contribution in [0, 0.1) is 29.6 Å². The molecule has 0 saturated heterocycles. The number of aliphatic hydroxyl groups is 1. The van der Waals surface area contributed by atoms with Gasteiger partial charge in [0.15, 0.2) is 34.7 Å². The monoisotopic (exact) mass is 622 g/mol. The Hall–Kier alpha value is -4.21. The van der Waals surface area contributed by atoms with Crippen LogP contribution in [0.4, 0.5) is 0 Å². The van der Waals surface area contributed by atoms with E-state index in [-0.39, 0.29) is 24.2 Å². The summed E-state index contributed by atoms with van der Waals surface area (Å²) in [6.45, 7) is 0. The van der Waals surface area contributed by atoms with Crippen LogP contribution >= 0.6 is 0 Å². The molecule has 3 aromatic carbocycles. The van der Waals surface area contributed by atoms with Crippen LogP contribution in [0.2, 0.25) is 0 Å². The summed E-state index contributed by atoms with van der Waals surface area (Å²) in [5.74, 6) is -9.82. The second-order valence-corrected chi connectivity index (χ2v) is 13.9. The van der Waals surface area contributed by atoms with E-state index >= 15 is 0 Å². The standard InChI is InChI=1S/C37H38N2O7/c1-39(2)31-26-17-20-16-25-24(23-12-11-19(15-18-7-3-4-8-18)21-9-5-6-10-22(21)23)13-14-27(40)29(25)32(41)28(20)34(43)37(26,46)35(44)30(33(31)42)36(38)45/h5-6,9-14,18,20,26,28,30-31,40,46H,3-4,7-8,15-17H2,1-2H3,(H2,38,45)/t20-,26-,28?,30?,31-,37-/m1/s1. The second-order valence-electron chi connectivity index (χ2n) is 13.9. The molecule has 3 fully saturated rings. The number of phenols is 1. The first-order valence-electron chi connectivity index (χ1n) is 16.2. The highest BCUT2D eigenvalue weighted by Crippen LogP contribution is 2.52. The number of hydrogen-bond donors (Lipinski definition) is 3. The van der Waals surface area contributed by atoms with E-state index in [1.807, 2.05) is 12.1 Å². The van der Waals surface area contributed by atoms with Gasteiger partial charge in [0, 0.05) is 5.92 Å². The second kappa shape index (κ2) is 11.0. The molecule has 4 N–H and O–H groups in total. The summed E-state index contributed by atoms with van der Waals surface area (Å²) < 4.78 is 0. The molecule has 9 nitrogen and oxygen atoms in total. The molecule has 0 heterocycles. The number of carbonyl (C=O) groups is 5. The SMILES string of the molecule is CN(C)[C@H]1C(=O)C(C(N)=O)C(=O)[C@]2(O)C(=O)C3C(=O)c4c(O)ccc(-c5ccc(CC6CCCC6)c6ccccc56)c4C[C@@H]3C[C@H]12. The third-order valence-electron chi connectivity index (χ3n) is 11.2. The fourth-order valence-electron chi connectivity index (χ4n) is 9.16. The molecule has 1 amide bonds. The average Bonchev–Trinajstić information content (AvgIpc) is 3.52. The summed E-state index contributed by atoms with van der Waals surface area (Å²) in [5.41, 5.74) is 6.24. The minimum absolute atomic E-state index is 0.00297. The number of rotatable bonds is 5. The number of nitrogens with zero attached hydrogens (tertiary/aromatic N) is 1. The van der Waals surface area contributed by atoms with Crippen LogP contribution in [0.1, 0.15) is 53.6 Å². The molecule has 0 radical (unpaired) electrons. The van der Waals surface area contributed by atoms with E-state index in [1.54, 1.807) is 20.2 Å². The maximum atomic E-state index is 14.2. The Morgan fingerprint density at radius 1 is 0.935 bits per heavy atom. The van der Waals surface area contributed by atoms with Crippen molar-refractivity contribution < 1.29 is 34.2 Å². The predicted molar refractivity (Wildman–Crippen MR) is 170 cm³/mol. The molecule has 238 valence electrons. The lowest BCUT2D eigenvalue weighted by Gasteiger charge is -2.52. The molecule has 3 aromatic rings. The summed E-state index contributed by atoms with van der Waals surface area (Å²) in [6, 6.07) is 14.5. The van der Waals surface area contributed by atoms with E-state index in [2.05, 4.69) is 24.3 Å². The summed E-state index contributed by atoms with van der Waals surface area (Å²) in [5, 5.41) is 25.0. The molecule has 0 aromatic heterocycles. The van der Waals surface area contributed by atoms with E-state index in [0.717, 1.165) is 28.3 Å². The summed E-state index contributed by atoms with van der Waals surface area (Å²) in [6.07, 6.45) is 6.23. The van der Waals surface area contributed by atoms with Crippen molar-refractivity contribution in [3.05, 3.63) is 65.2 Å². The zero-order valence-corrected chi connectivity index (χ0v) is 26.0. The zero-order valence-electron chi connectivity index (χ0n) is 26.0. The molecule has 6 atom stereocenters. The van der Waals surface area contributed by atoms with E-state index < -0.39 is 64.4 Å². The van der Waals surface area contributed by atoms with E-state index in [0.29, 0.717) is 11.5 Å². The summed E-state index contributed by atoms with van der Waals surface area (Å²) >= 11 is 0. The van der Waals surface area contributed by atoms with Crippen LogP contribution < -0.4 is 5.73 Å². The smallest absolute Gasteiger partial charge is 0.235 e. The van der Waals surface area contributed by atoms with Crippen molar-refractivity contribution in [1.82, 2.24) is 4.90 Å². The summed E-state index contributed by atoms with van der Waals surface area (Å²) in [4.78, 5) is 69.0. The van der Waals surface area contributed by atoms with Gasteiger partial charge < -0.3 is 15.9 Å². The number of phenolic OH excluding ortho intramolecular Hbond substituents is 1. The minimum Gasteiger partial charge on any atom is -0.507 e. The van der Waals surface area contributed by atoms with Crippen molar-refractivity contribution in [3.8, 4) is 16.9 Å². The topological polar surface area (TPSA) is 155 Å². The zero-order chi connectivity index (χ0) is 32.7. The number of likely N-dealkylation sites (N-methyl/N-ethyl adjacent to an activating group) is 1. The van der Waals surface area contributed by atoms with Gasteiger partial charge in [-0.3, -0.25) is 28.9 Å². The third kappa shape index (κ3) is 4.32. The van der Waals surface area contributed by atoms with Crippen molar-refractivity contribution in [2.75, 3.05) is 14.1 Å². The highest BCUT2D eigenvalue weighted by atomic mass is 16.3. The number of hydrogen-bond acceptors (Lipinski definition) is 8. The normalized spacial score (nSPS) is 29.6. The number of nitrogens with two attached hydrogens (primary N) is 1. The van der Waals surface area contributed by atoms with Crippen molar-refractivity contribution in [2.24, 2.45) is 35.3 Å². The van der Waals surface area contributed by atoms with E-state index in [1.165, 1.54) is 42.2 Å². The number of primary amides is 1. The van der Waals surface area contributed by atoms with Gasteiger partial charge in [-0.25, -0.2) is 0 Å². The molecular formula is C37H38N2O7. The minimum atomic E-state index is -2.74. The van der Waals surface area contributed by atoms with Crippen LogP contribution in [-0.4, -0.2) is 69.9 Å². The van der Waals surface area contributed by atoms with Gasteiger partial charge in [-0.1, -0.05) is 68.1 Å². The van der Waals surface area contributed by atoms with Crippen LogP contribution in [0.3, 0.4) is 0 Å². The van der Waals surface area contributed by atoms with E-state index in [9.17, 15) is 34.2 Å². The Bertz CT molecular complexity index is 1840. The van der Waals surface area contributed by atoms with Crippen LogP contribution in [0.5, 0.6) is 5.75 Å². The number of aromatic hydroxyl groups is 1. The molecule has 2 unspecified atom stereocenters. The lowest BCUT2D eigenvalue weighted by atomic mass is 9.52. The third-order valence-corrected chi connectivity index (χ3v) is 11.2. The molecule has 46 heavy (non-hydrogen) atoms. The molecule has 9 heteroatoms. The van der Waals surface area contributed by atoms with Crippen molar-refractivity contribution in [2.45, 2.75) is 56.6 Å². The summed E-state index contributed by atoms with van der Waals surface area (Å²) in [7, 11) is 3.15. The highest BCUT2D eigenvalue weighted by Gasteiger charge is 2.69. The quantitative estimate of drug-likeness (QED) is 0.366. The Labute approximate surface area is 266 Å². The van der Waals surface area contributed by atoms with Gasteiger partial charge in [0.2, 0.25) is 5.91 Å². The van der Waals surface area contributed by atoms with Crippen molar-refractivity contribution >= 4 is 39.8 Å². The fraction of sp³-hybridized carbons (Fsp3) is 0.432. The maximum absolute atomic E-state index is 14.2. The van der Waals surface area contributed by atoms with Gasteiger partial charge >= 0.3 is 0 Å². The fourth-order valence-corrected chi connectivity index (χ4v) is 9.16. The molecule has 3 saturated carbocycles. The number of carbonyl (C=O) groups excluding carboxylic acids is 5. The number of benzene rings is 3. The first-order valence-corrected chi connectivity index (χ1v) is 16.2. The molecule has 4 aliphatic rings. The van der Waals surface area contributed by atoms with Gasteiger partial charge in [0.25, 0.3) is 0 Å². The van der Waals surface area contributed by atoms with Crippen LogP contribution in [0.15, 0.2) is 48.5 Å². The highest BCUT2D eigenvalue weighted by molar-refractivity contribution is 6.32. The number of Topliss-reactive ketones (excluding diaryl/α,β-unsaturated/α-hetero) is 4. The molecule has 7 rings (SSSR count). The van der Waals surface area contributed by atoms with E-state index in [4.69, 9.17) is 5.73 Å². The Morgan fingerprint density at radius 2 is 1.61 bits per heavy atom. The van der Waals surface area contributed by atoms with Gasteiger partial charge in [-0.05, 0) is 84.3 Å². The molecule has 0 aliphatic heterocycles. The first kappa shape index (κ1) is 30.4. The lowest BCUT2D eigenvalue weighted by molar-refractivity contribution is -0.181. The van der Waals surface area contributed by atoms with Crippen LogP contribution in [0.25, 0.3) is 21.9 Å². The maximum Gasteiger partial charge on any atom is 0.235 e. The molecule has 0 spiro atoms. The van der Waals surface area contributed by atoms with Gasteiger partial charge in [0.05, 0.1) is 17.5 Å². The predicted octanol–water partition coefficient (Wildman–Crippen LogP) is 3.42. The Morgan fingerprint density at radius 3 is 2.28 bits per heavy atom. The van der Waals surface area contributed by atoms with Gasteiger partial charge in [-0.2, -0.15) is 0 Å². The molecular weight excluding hydrogens is 584 g/mol. The van der Waals surface area contributed by atoms with Gasteiger partial charge in [0.1, 0.15) is 5.75 Å². The Balaban J connectivity index is 1.34. The van der Waals surface area contributed by atoms with Crippen molar-refractivity contribution in [1.29, 1.82) is 0 Å².